The zero-order chi connectivity index (χ0) is 11.3. The van der Waals surface area contributed by atoms with E-state index in [-0.39, 0.29) is 23.7 Å². The van der Waals surface area contributed by atoms with Crippen molar-refractivity contribution in [3.8, 4) is 6.01 Å². The first-order chi connectivity index (χ1) is 7.15. The molecule has 84 valence electrons. The van der Waals surface area contributed by atoms with Crippen LogP contribution in [-0.4, -0.2) is 50.7 Å². The van der Waals surface area contributed by atoms with Gasteiger partial charge in [-0.2, -0.15) is 15.0 Å². The van der Waals surface area contributed by atoms with Crippen molar-refractivity contribution < 1.29 is 14.9 Å². The van der Waals surface area contributed by atoms with Crippen molar-refractivity contribution in [1.82, 2.24) is 15.0 Å². The molecule has 0 saturated heterocycles. The number of thioether (sulfide) groups is 1. The lowest BCUT2D eigenvalue weighted by molar-refractivity contribution is 0.113. The average Bonchev–Trinajstić information content (AvgIpc) is 2.25. The van der Waals surface area contributed by atoms with E-state index in [1.807, 2.05) is 0 Å². The molecule has 0 amide bonds. The van der Waals surface area contributed by atoms with E-state index in [1.54, 1.807) is 0 Å². The molecule has 8 heteroatoms. The molecule has 0 radical (unpaired) electrons. The van der Waals surface area contributed by atoms with Gasteiger partial charge in [-0.3, -0.25) is 0 Å². The molecule has 0 aliphatic rings. The van der Waals surface area contributed by atoms with Crippen molar-refractivity contribution in [3.63, 3.8) is 0 Å². The lowest BCUT2D eigenvalue weighted by atomic mass is 10.4. The van der Waals surface area contributed by atoms with Gasteiger partial charge in [-0.05, 0) is 11.6 Å². The first kappa shape index (κ1) is 12.4. The normalized spacial score (nSPS) is 12.5. The summed E-state index contributed by atoms with van der Waals surface area (Å²) in [5.74, 6) is 0.278. The second-order valence-corrected chi connectivity index (χ2v) is 3.85. The van der Waals surface area contributed by atoms with Crippen molar-refractivity contribution in [1.29, 1.82) is 0 Å². The number of aliphatic hydroxyl groups excluding tert-OH is 2. The predicted octanol–water partition coefficient (Wildman–Crippen LogP) is -0.0211. The summed E-state index contributed by atoms with van der Waals surface area (Å²) in [6.45, 7) is -0.303. The number of rotatable bonds is 5. The highest BCUT2D eigenvalue weighted by Gasteiger charge is 2.08. The van der Waals surface area contributed by atoms with E-state index in [2.05, 4.69) is 15.0 Å². The lowest BCUT2D eigenvalue weighted by Gasteiger charge is -2.05. The van der Waals surface area contributed by atoms with Gasteiger partial charge in [-0.25, -0.2) is 0 Å². The van der Waals surface area contributed by atoms with Gasteiger partial charge < -0.3 is 14.9 Å². The number of nitrogens with zero attached hydrogens (tertiary/aromatic N) is 3. The molecule has 0 aliphatic heterocycles. The minimum atomic E-state index is -0.809. The first-order valence-corrected chi connectivity index (χ1v) is 5.39. The van der Waals surface area contributed by atoms with Gasteiger partial charge in [0.2, 0.25) is 5.28 Å². The number of hydrogen-bond donors (Lipinski definition) is 2. The van der Waals surface area contributed by atoms with Crippen LogP contribution in [0.4, 0.5) is 0 Å². The van der Waals surface area contributed by atoms with Gasteiger partial charge in [0, 0.05) is 5.75 Å². The number of aromatic nitrogens is 3. The molecule has 15 heavy (non-hydrogen) atoms. The maximum absolute atomic E-state index is 9.11. The first-order valence-electron chi connectivity index (χ1n) is 4.03. The predicted molar refractivity (Wildman–Crippen MR) is 55.2 cm³/mol. The Morgan fingerprint density at radius 3 is 2.80 bits per heavy atom. The SMILES string of the molecule is COc1nc(Cl)nc(SCC(O)CO)n1. The molecule has 1 aromatic rings. The lowest BCUT2D eigenvalue weighted by Crippen LogP contribution is -2.15. The maximum atomic E-state index is 9.11. The second-order valence-electron chi connectivity index (χ2n) is 2.52. The van der Waals surface area contributed by atoms with Crippen LogP contribution in [-0.2, 0) is 0 Å². The van der Waals surface area contributed by atoms with Gasteiger partial charge in [0.05, 0.1) is 19.8 Å². The Hall–Kier alpha value is -0.630. The zero-order valence-electron chi connectivity index (χ0n) is 7.92. The quantitative estimate of drug-likeness (QED) is 0.711. The maximum Gasteiger partial charge on any atom is 0.321 e. The van der Waals surface area contributed by atoms with E-state index in [0.29, 0.717) is 5.16 Å². The van der Waals surface area contributed by atoms with Crippen LogP contribution >= 0.6 is 23.4 Å². The molecule has 0 spiro atoms. The van der Waals surface area contributed by atoms with E-state index in [4.69, 9.17) is 26.6 Å². The van der Waals surface area contributed by atoms with Crippen LogP contribution in [0.1, 0.15) is 0 Å². The van der Waals surface area contributed by atoms with Crippen molar-refractivity contribution in [2.75, 3.05) is 19.5 Å². The molecule has 1 unspecified atom stereocenters. The van der Waals surface area contributed by atoms with Crippen LogP contribution in [0.15, 0.2) is 5.16 Å². The molecule has 0 aromatic carbocycles. The fraction of sp³-hybridized carbons (Fsp3) is 0.571. The standard InChI is InChI=1S/C7H10ClN3O3S/c1-14-6-9-5(8)10-7(11-6)15-3-4(13)2-12/h4,12-13H,2-3H2,1H3. The van der Waals surface area contributed by atoms with Crippen LogP contribution in [0.5, 0.6) is 6.01 Å². The summed E-state index contributed by atoms with van der Waals surface area (Å²) in [6.07, 6.45) is -0.809. The minimum Gasteiger partial charge on any atom is -0.467 e. The second kappa shape index (κ2) is 6.06. The number of methoxy groups -OCH3 is 1. The topological polar surface area (TPSA) is 88.4 Å². The largest absolute Gasteiger partial charge is 0.467 e. The number of aliphatic hydroxyl groups is 2. The molecule has 6 nitrogen and oxygen atoms in total. The summed E-state index contributed by atoms with van der Waals surface area (Å²) < 4.78 is 4.80. The molecule has 1 heterocycles. The highest BCUT2D eigenvalue weighted by atomic mass is 35.5. The van der Waals surface area contributed by atoms with Crippen molar-refractivity contribution in [2.24, 2.45) is 0 Å². The molecule has 1 rings (SSSR count). The van der Waals surface area contributed by atoms with Crippen molar-refractivity contribution in [3.05, 3.63) is 5.28 Å². The van der Waals surface area contributed by atoms with Crippen LogP contribution in [0, 0.1) is 0 Å². The Labute approximate surface area is 95.7 Å². The molecule has 1 atom stereocenters. The van der Waals surface area contributed by atoms with Crippen molar-refractivity contribution in [2.45, 2.75) is 11.3 Å². The molecule has 0 fully saturated rings. The van der Waals surface area contributed by atoms with E-state index in [9.17, 15) is 0 Å². The van der Waals surface area contributed by atoms with E-state index >= 15 is 0 Å². The number of ether oxygens (including phenoxy) is 1. The van der Waals surface area contributed by atoms with Gasteiger partial charge in [0.15, 0.2) is 5.16 Å². The van der Waals surface area contributed by atoms with Gasteiger partial charge >= 0.3 is 6.01 Å². The summed E-state index contributed by atoms with van der Waals surface area (Å²) in [4.78, 5) is 11.4. The Bertz CT molecular complexity index is 328. The minimum absolute atomic E-state index is 0.0304. The van der Waals surface area contributed by atoms with Crippen LogP contribution < -0.4 is 4.74 Å². The summed E-state index contributed by atoms with van der Waals surface area (Å²) in [5, 5.41) is 18.1. The Morgan fingerprint density at radius 1 is 1.47 bits per heavy atom. The number of hydrogen-bond acceptors (Lipinski definition) is 7. The molecule has 0 aliphatic carbocycles. The highest BCUT2D eigenvalue weighted by molar-refractivity contribution is 7.99. The van der Waals surface area contributed by atoms with Gasteiger partial charge in [0.1, 0.15) is 0 Å². The zero-order valence-corrected chi connectivity index (χ0v) is 9.49. The highest BCUT2D eigenvalue weighted by Crippen LogP contribution is 2.17. The van der Waals surface area contributed by atoms with Gasteiger partial charge in [-0.1, -0.05) is 11.8 Å². The van der Waals surface area contributed by atoms with Gasteiger partial charge in [-0.15, -0.1) is 0 Å². The third-order valence-electron chi connectivity index (χ3n) is 1.37. The van der Waals surface area contributed by atoms with Gasteiger partial charge in [0.25, 0.3) is 0 Å². The molecule has 2 N–H and O–H groups in total. The smallest absolute Gasteiger partial charge is 0.321 e. The Kier molecular flexibility index (Phi) is 5.03. The molecule has 0 saturated carbocycles. The Balaban J connectivity index is 2.64. The van der Waals surface area contributed by atoms with E-state index in [0.717, 1.165) is 11.8 Å². The van der Waals surface area contributed by atoms with Crippen LogP contribution in [0.25, 0.3) is 0 Å². The summed E-state index contributed by atoms with van der Waals surface area (Å²) in [5.41, 5.74) is 0. The summed E-state index contributed by atoms with van der Waals surface area (Å²) >= 11 is 6.77. The van der Waals surface area contributed by atoms with Crippen LogP contribution in [0.2, 0.25) is 5.28 Å². The average molecular weight is 252 g/mol. The fourth-order valence-corrected chi connectivity index (χ4v) is 1.64. The molecular weight excluding hydrogens is 242 g/mol. The summed E-state index contributed by atoms with van der Waals surface area (Å²) in [6, 6.07) is 0.121. The monoisotopic (exact) mass is 251 g/mol. The molecule has 0 bridgehead atoms. The third kappa shape index (κ3) is 4.17. The van der Waals surface area contributed by atoms with E-state index < -0.39 is 6.10 Å². The van der Waals surface area contributed by atoms with Crippen molar-refractivity contribution >= 4 is 23.4 Å². The molecule has 1 aromatic heterocycles. The van der Waals surface area contributed by atoms with E-state index in [1.165, 1.54) is 7.11 Å². The third-order valence-corrected chi connectivity index (χ3v) is 2.53. The number of halogens is 1. The van der Waals surface area contributed by atoms with Crippen LogP contribution in [0.3, 0.4) is 0 Å². The fourth-order valence-electron chi connectivity index (χ4n) is 0.694. The summed E-state index contributed by atoms with van der Waals surface area (Å²) in [7, 11) is 1.42. The Morgan fingerprint density at radius 2 is 2.20 bits per heavy atom. The molecular formula is C7H10ClN3O3S.